The Morgan fingerprint density at radius 2 is 2.00 bits per heavy atom. The minimum absolute atomic E-state index is 0.153. The van der Waals surface area contributed by atoms with Gasteiger partial charge in [0, 0.05) is 35.1 Å². The van der Waals surface area contributed by atoms with Crippen LogP contribution in [-0.2, 0) is 4.74 Å². The summed E-state index contributed by atoms with van der Waals surface area (Å²) in [5.41, 5.74) is 4.97. The lowest BCUT2D eigenvalue weighted by Gasteiger charge is -2.29. The third-order valence-corrected chi connectivity index (χ3v) is 4.65. The number of carbonyl (C=O) groups excluding carboxylic acids is 1. The Labute approximate surface area is 169 Å². The van der Waals surface area contributed by atoms with E-state index in [1.807, 2.05) is 30.5 Å². The Kier molecular flexibility index (Phi) is 4.80. The summed E-state index contributed by atoms with van der Waals surface area (Å²) < 4.78 is 5.41. The molecule has 0 saturated carbocycles. The van der Waals surface area contributed by atoms with Crippen molar-refractivity contribution >= 4 is 28.2 Å². The summed E-state index contributed by atoms with van der Waals surface area (Å²) in [6, 6.07) is 11.4. The van der Waals surface area contributed by atoms with E-state index >= 15 is 0 Å². The molecule has 0 unspecified atom stereocenters. The molecule has 0 spiro atoms. The number of pyridine rings is 2. The highest BCUT2D eigenvalue weighted by molar-refractivity contribution is 5.99. The van der Waals surface area contributed by atoms with Gasteiger partial charge in [-0.05, 0) is 35.7 Å². The van der Waals surface area contributed by atoms with Gasteiger partial charge in [0.1, 0.15) is 12.1 Å². The van der Waals surface area contributed by atoms with E-state index < -0.39 is 0 Å². The monoisotopic (exact) mass is 389 g/mol. The molecular weight excluding hydrogens is 366 g/mol. The van der Waals surface area contributed by atoms with Gasteiger partial charge in [-0.15, -0.1) is 0 Å². The summed E-state index contributed by atoms with van der Waals surface area (Å²) in [7, 11) is 0. The van der Waals surface area contributed by atoms with Crippen LogP contribution in [0.15, 0.2) is 66.9 Å². The Hall–Kier alpha value is -3.61. The molecule has 148 valence electrons. The highest BCUT2D eigenvalue weighted by Crippen LogP contribution is 2.30. The van der Waals surface area contributed by atoms with Crippen molar-refractivity contribution in [1.82, 2.24) is 20.4 Å². The number of benzene rings is 1. The van der Waals surface area contributed by atoms with Crippen LogP contribution in [0, 0.1) is 5.41 Å². The van der Waals surface area contributed by atoms with Gasteiger partial charge >= 0.3 is 0 Å². The van der Waals surface area contributed by atoms with Crippen LogP contribution in [-0.4, -0.2) is 27.6 Å². The zero-order valence-electron chi connectivity index (χ0n) is 16.6. The molecule has 0 atom stereocenters. The first-order valence-electron chi connectivity index (χ1n) is 9.38. The topological polar surface area (TPSA) is 79.4 Å². The first kappa shape index (κ1) is 18.7. The third-order valence-electron chi connectivity index (χ3n) is 4.65. The average molecular weight is 389 g/mol. The quantitative estimate of drug-likeness (QED) is 0.696. The van der Waals surface area contributed by atoms with Crippen molar-refractivity contribution in [2.75, 3.05) is 12.0 Å². The van der Waals surface area contributed by atoms with Gasteiger partial charge in [0.15, 0.2) is 6.73 Å². The molecule has 1 amide bonds. The SMILES string of the molecule is CC(C)(C)C1=COCN1NC(=O)c1cccnc1Nc1ccc2cnccc2c1. The number of nitrogens with zero attached hydrogens (tertiary/aromatic N) is 3. The molecule has 2 aromatic heterocycles. The van der Waals surface area contributed by atoms with Crippen LogP contribution in [0.4, 0.5) is 11.5 Å². The van der Waals surface area contributed by atoms with Crippen LogP contribution in [0.2, 0.25) is 0 Å². The molecule has 0 fully saturated rings. The molecule has 0 aliphatic carbocycles. The number of hydrogen-bond donors (Lipinski definition) is 2. The molecule has 1 aliphatic rings. The first-order chi connectivity index (χ1) is 13.9. The van der Waals surface area contributed by atoms with Gasteiger partial charge in [0.05, 0.1) is 11.3 Å². The summed E-state index contributed by atoms with van der Waals surface area (Å²) in [4.78, 5) is 21.5. The van der Waals surface area contributed by atoms with Crippen molar-refractivity contribution in [1.29, 1.82) is 0 Å². The largest absolute Gasteiger partial charge is 0.477 e. The van der Waals surface area contributed by atoms with E-state index in [1.54, 1.807) is 35.8 Å². The second-order valence-corrected chi connectivity index (χ2v) is 7.88. The molecular formula is C22H23N5O2. The van der Waals surface area contributed by atoms with Gasteiger partial charge in [-0.1, -0.05) is 26.8 Å². The number of fused-ring (bicyclic) bond motifs is 1. The second kappa shape index (κ2) is 7.43. The highest BCUT2D eigenvalue weighted by Gasteiger charge is 2.29. The smallest absolute Gasteiger partial charge is 0.273 e. The van der Waals surface area contributed by atoms with Crippen molar-refractivity contribution in [2.45, 2.75) is 20.8 Å². The van der Waals surface area contributed by atoms with E-state index in [9.17, 15) is 4.79 Å². The summed E-state index contributed by atoms with van der Waals surface area (Å²) in [5.74, 6) is 0.228. The van der Waals surface area contributed by atoms with Crippen LogP contribution in [0.25, 0.3) is 10.8 Å². The lowest BCUT2D eigenvalue weighted by atomic mass is 9.92. The fourth-order valence-corrected chi connectivity index (χ4v) is 3.17. The van der Waals surface area contributed by atoms with Crippen LogP contribution in [0.1, 0.15) is 31.1 Å². The Morgan fingerprint density at radius 3 is 2.83 bits per heavy atom. The van der Waals surface area contributed by atoms with Crippen molar-refractivity contribution in [2.24, 2.45) is 5.41 Å². The highest BCUT2D eigenvalue weighted by atomic mass is 16.5. The molecule has 7 nitrogen and oxygen atoms in total. The van der Waals surface area contributed by atoms with Crippen LogP contribution in [0.5, 0.6) is 0 Å². The minimum atomic E-state index is -0.258. The summed E-state index contributed by atoms with van der Waals surface area (Å²) in [6.07, 6.45) is 6.91. The normalized spacial score (nSPS) is 13.8. The van der Waals surface area contributed by atoms with E-state index in [0.29, 0.717) is 11.4 Å². The molecule has 1 aromatic carbocycles. The molecule has 2 N–H and O–H groups in total. The van der Waals surface area contributed by atoms with Gasteiger partial charge in [0.25, 0.3) is 5.91 Å². The summed E-state index contributed by atoms with van der Waals surface area (Å²) in [5, 5.41) is 7.08. The lowest BCUT2D eigenvalue weighted by molar-refractivity contribution is 0.0691. The number of hydrogen-bond acceptors (Lipinski definition) is 6. The predicted octanol–water partition coefficient (Wildman–Crippen LogP) is 4.20. The summed E-state index contributed by atoms with van der Waals surface area (Å²) >= 11 is 0. The zero-order chi connectivity index (χ0) is 20.4. The van der Waals surface area contributed by atoms with E-state index in [1.165, 1.54) is 0 Å². The van der Waals surface area contributed by atoms with Gasteiger partial charge in [0.2, 0.25) is 0 Å². The first-order valence-corrected chi connectivity index (χ1v) is 9.38. The van der Waals surface area contributed by atoms with Crippen LogP contribution < -0.4 is 10.7 Å². The van der Waals surface area contributed by atoms with E-state index in [2.05, 4.69) is 41.5 Å². The van der Waals surface area contributed by atoms with Gasteiger partial charge in [-0.2, -0.15) is 0 Å². The van der Waals surface area contributed by atoms with Crippen LogP contribution >= 0.6 is 0 Å². The molecule has 0 bridgehead atoms. The maximum atomic E-state index is 13.0. The molecule has 7 heteroatoms. The number of hydrazine groups is 1. The predicted molar refractivity (Wildman–Crippen MR) is 112 cm³/mol. The average Bonchev–Trinajstić information content (AvgIpc) is 3.17. The Balaban J connectivity index is 1.56. The standard InChI is InChI=1S/C22H23N5O2/c1-22(2,3)19-13-29-14-27(19)26-21(28)18-5-4-9-24-20(18)25-17-7-6-16-12-23-10-8-15(16)11-17/h4-13H,14H2,1-3H3,(H,24,25)(H,26,28). The van der Waals surface area contributed by atoms with Gasteiger partial charge in [-0.25, -0.2) is 9.99 Å². The number of allylic oxidation sites excluding steroid dienone is 1. The number of nitrogens with one attached hydrogen (secondary N) is 2. The number of rotatable bonds is 4. The van der Waals surface area contributed by atoms with Crippen molar-refractivity contribution < 1.29 is 9.53 Å². The fourth-order valence-electron chi connectivity index (χ4n) is 3.17. The van der Waals surface area contributed by atoms with Gasteiger partial charge in [-0.3, -0.25) is 15.2 Å². The molecule has 0 radical (unpaired) electrons. The number of anilines is 2. The minimum Gasteiger partial charge on any atom is -0.477 e. The molecule has 1 aliphatic heterocycles. The number of amides is 1. The molecule has 0 saturated heterocycles. The molecule has 29 heavy (non-hydrogen) atoms. The number of ether oxygens (including phenoxy) is 1. The Morgan fingerprint density at radius 1 is 1.14 bits per heavy atom. The van der Waals surface area contributed by atoms with Crippen LogP contribution in [0.3, 0.4) is 0 Å². The molecule has 3 heterocycles. The maximum Gasteiger partial charge on any atom is 0.273 e. The number of aromatic nitrogens is 2. The Bertz CT molecular complexity index is 1090. The van der Waals surface area contributed by atoms with Gasteiger partial charge < -0.3 is 10.1 Å². The van der Waals surface area contributed by atoms with Crippen molar-refractivity contribution in [3.05, 3.63) is 72.5 Å². The zero-order valence-corrected chi connectivity index (χ0v) is 16.6. The number of carbonyl (C=O) groups is 1. The van der Waals surface area contributed by atoms with E-state index in [-0.39, 0.29) is 18.1 Å². The maximum absolute atomic E-state index is 13.0. The van der Waals surface area contributed by atoms with Crippen molar-refractivity contribution in [3.8, 4) is 0 Å². The second-order valence-electron chi connectivity index (χ2n) is 7.88. The van der Waals surface area contributed by atoms with E-state index in [0.717, 1.165) is 22.2 Å². The van der Waals surface area contributed by atoms with E-state index in [4.69, 9.17) is 4.74 Å². The van der Waals surface area contributed by atoms with Crippen molar-refractivity contribution in [3.63, 3.8) is 0 Å². The molecule has 3 aromatic rings. The summed E-state index contributed by atoms with van der Waals surface area (Å²) in [6.45, 7) is 6.48. The lowest BCUT2D eigenvalue weighted by Crippen LogP contribution is -2.43. The molecule has 4 rings (SSSR count). The third kappa shape index (κ3) is 3.99. The fraction of sp³-hybridized carbons (Fsp3) is 0.227.